The first-order valence-electron chi connectivity index (χ1n) is 6.80. The Bertz CT molecular complexity index is 169. The lowest BCUT2D eigenvalue weighted by atomic mass is 10.0. The smallest absolute Gasteiger partial charge is 0.320 e. The van der Waals surface area contributed by atoms with Gasteiger partial charge in [0.25, 0.3) is 0 Å². The monoisotopic (exact) mass is 253 g/mol. The van der Waals surface area contributed by atoms with E-state index in [1.165, 1.54) is 32.1 Å². The molecule has 0 aromatic rings. The van der Waals surface area contributed by atoms with Gasteiger partial charge in [0.05, 0.1) is 0 Å². The van der Waals surface area contributed by atoms with Crippen LogP contribution < -0.4 is 5.73 Å². The van der Waals surface area contributed by atoms with Gasteiger partial charge < -0.3 is 5.73 Å². The molecule has 0 rings (SSSR count). The molecule has 0 aromatic heterocycles. The number of rotatable bonds is 10. The van der Waals surface area contributed by atoms with E-state index in [0.717, 1.165) is 19.3 Å². The molecule has 0 aromatic carbocycles. The average Bonchev–Trinajstić information content (AvgIpc) is 2.25. The van der Waals surface area contributed by atoms with Gasteiger partial charge in [-0.1, -0.05) is 64.7 Å². The molecule has 0 aliphatic carbocycles. The second kappa shape index (κ2) is 9.75. The fourth-order valence-corrected chi connectivity index (χ4v) is 1.84. The molecule has 0 saturated carbocycles. The predicted molar refractivity (Wildman–Crippen MR) is 65.9 cm³/mol. The molecule has 17 heavy (non-hydrogen) atoms. The van der Waals surface area contributed by atoms with Gasteiger partial charge >= 0.3 is 6.18 Å². The summed E-state index contributed by atoms with van der Waals surface area (Å²) in [6, 6.07) is -1.63. The Kier molecular flexibility index (Phi) is 9.60. The van der Waals surface area contributed by atoms with E-state index in [4.69, 9.17) is 5.73 Å². The topological polar surface area (TPSA) is 26.0 Å². The summed E-state index contributed by atoms with van der Waals surface area (Å²) in [7, 11) is 0. The van der Waals surface area contributed by atoms with Crippen LogP contribution in [0, 0.1) is 0 Å². The van der Waals surface area contributed by atoms with Crippen molar-refractivity contribution in [2.75, 3.05) is 0 Å². The van der Waals surface area contributed by atoms with Crippen LogP contribution in [0.5, 0.6) is 0 Å². The van der Waals surface area contributed by atoms with Crippen LogP contribution in [0.15, 0.2) is 0 Å². The molecule has 0 unspecified atom stereocenters. The largest absolute Gasteiger partial charge is 0.403 e. The highest BCUT2D eigenvalue weighted by Gasteiger charge is 2.35. The van der Waals surface area contributed by atoms with Crippen molar-refractivity contribution in [2.24, 2.45) is 5.73 Å². The van der Waals surface area contributed by atoms with Crippen LogP contribution in [0.4, 0.5) is 13.2 Å². The molecule has 104 valence electrons. The zero-order valence-electron chi connectivity index (χ0n) is 10.9. The summed E-state index contributed by atoms with van der Waals surface area (Å²) in [5, 5.41) is 0. The summed E-state index contributed by atoms with van der Waals surface area (Å²) in [5.74, 6) is 0. The summed E-state index contributed by atoms with van der Waals surface area (Å²) in [5.41, 5.74) is 5.02. The second-order valence-electron chi connectivity index (χ2n) is 4.77. The van der Waals surface area contributed by atoms with Crippen LogP contribution in [-0.4, -0.2) is 12.2 Å². The van der Waals surface area contributed by atoms with E-state index in [0.29, 0.717) is 6.42 Å². The van der Waals surface area contributed by atoms with E-state index in [9.17, 15) is 13.2 Å². The van der Waals surface area contributed by atoms with Gasteiger partial charge in [0.2, 0.25) is 0 Å². The Morgan fingerprint density at radius 1 is 0.824 bits per heavy atom. The van der Waals surface area contributed by atoms with Crippen molar-refractivity contribution >= 4 is 0 Å². The van der Waals surface area contributed by atoms with E-state index in [1.807, 2.05) is 0 Å². The van der Waals surface area contributed by atoms with Crippen molar-refractivity contribution in [2.45, 2.75) is 83.4 Å². The highest BCUT2D eigenvalue weighted by Crippen LogP contribution is 2.22. The molecule has 2 N–H and O–H groups in total. The lowest BCUT2D eigenvalue weighted by molar-refractivity contribution is -0.149. The molecule has 1 atom stereocenters. The maximum Gasteiger partial charge on any atom is 0.403 e. The molecular weight excluding hydrogens is 227 g/mol. The van der Waals surface area contributed by atoms with Crippen molar-refractivity contribution in [1.29, 1.82) is 0 Å². The Labute approximate surface area is 103 Å². The van der Waals surface area contributed by atoms with Gasteiger partial charge in [-0.05, 0) is 6.42 Å². The van der Waals surface area contributed by atoms with Crippen molar-refractivity contribution in [3.63, 3.8) is 0 Å². The van der Waals surface area contributed by atoms with Crippen LogP contribution in [0.3, 0.4) is 0 Å². The molecular formula is C13H26F3N. The first kappa shape index (κ1) is 16.8. The van der Waals surface area contributed by atoms with Crippen molar-refractivity contribution in [3.05, 3.63) is 0 Å². The Hall–Kier alpha value is -0.250. The normalized spacial score (nSPS) is 13.9. The standard InChI is InChI=1S/C13H26F3N/c1-2-3-4-5-6-7-8-9-10-11-12(17)13(14,15)16/h12H,2-11,17H2,1H3/t12-/m0/s1. The number of hydrogen-bond donors (Lipinski definition) is 1. The zero-order chi connectivity index (χ0) is 13.1. The molecule has 0 fully saturated rings. The summed E-state index contributed by atoms with van der Waals surface area (Å²) in [4.78, 5) is 0. The highest BCUT2D eigenvalue weighted by molar-refractivity contribution is 4.69. The molecule has 0 aliphatic heterocycles. The molecule has 1 nitrogen and oxygen atoms in total. The zero-order valence-corrected chi connectivity index (χ0v) is 10.9. The van der Waals surface area contributed by atoms with Gasteiger partial charge in [-0.3, -0.25) is 0 Å². The van der Waals surface area contributed by atoms with E-state index in [-0.39, 0.29) is 6.42 Å². The minimum absolute atomic E-state index is 0.0688. The van der Waals surface area contributed by atoms with E-state index in [1.54, 1.807) is 0 Å². The number of alkyl halides is 3. The number of halogens is 3. The van der Waals surface area contributed by atoms with Gasteiger partial charge in [0.1, 0.15) is 6.04 Å². The van der Waals surface area contributed by atoms with Crippen molar-refractivity contribution in [3.8, 4) is 0 Å². The number of nitrogens with two attached hydrogens (primary N) is 1. The lowest BCUT2D eigenvalue weighted by Gasteiger charge is -2.14. The molecule has 0 saturated heterocycles. The Morgan fingerprint density at radius 3 is 1.65 bits per heavy atom. The fourth-order valence-electron chi connectivity index (χ4n) is 1.84. The summed E-state index contributed by atoms with van der Waals surface area (Å²) >= 11 is 0. The number of hydrogen-bond acceptors (Lipinski definition) is 1. The quantitative estimate of drug-likeness (QED) is 0.556. The maximum atomic E-state index is 12.1. The highest BCUT2D eigenvalue weighted by atomic mass is 19.4. The summed E-state index contributed by atoms with van der Waals surface area (Å²) < 4.78 is 36.2. The number of unbranched alkanes of at least 4 members (excludes halogenated alkanes) is 8. The third-order valence-electron chi connectivity index (χ3n) is 3.04. The van der Waals surface area contributed by atoms with Crippen molar-refractivity contribution in [1.82, 2.24) is 0 Å². The van der Waals surface area contributed by atoms with Gasteiger partial charge in [0.15, 0.2) is 0 Å². The van der Waals surface area contributed by atoms with Gasteiger partial charge in [-0.15, -0.1) is 0 Å². The van der Waals surface area contributed by atoms with Crippen LogP contribution in [0.2, 0.25) is 0 Å². The summed E-state index contributed by atoms with van der Waals surface area (Å²) in [6.45, 7) is 2.18. The molecule has 0 aliphatic rings. The Morgan fingerprint density at radius 2 is 1.24 bits per heavy atom. The predicted octanol–water partition coefficient (Wildman–Crippen LogP) is 4.80. The first-order valence-corrected chi connectivity index (χ1v) is 6.80. The molecule has 0 radical (unpaired) electrons. The minimum Gasteiger partial charge on any atom is -0.320 e. The molecule has 0 bridgehead atoms. The minimum atomic E-state index is -4.22. The van der Waals surface area contributed by atoms with E-state index < -0.39 is 12.2 Å². The lowest BCUT2D eigenvalue weighted by Crippen LogP contribution is -2.37. The van der Waals surface area contributed by atoms with Gasteiger partial charge in [-0.25, -0.2) is 0 Å². The fraction of sp³-hybridized carbons (Fsp3) is 1.00. The molecule has 4 heteroatoms. The average molecular weight is 253 g/mol. The second-order valence-corrected chi connectivity index (χ2v) is 4.77. The van der Waals surface area contributed by atoms with Gasteiger partial charge in [-0.2, -0.15) is 13.2 Å². The molecule has 0 spiro atoms. The molecule has 0 amide bonds. The summed E-state index contributed by atoms with van der Waals surface area (Å²) in [6.07, 6.45) is 5.79. The van der Waals surface area contributed by atoms with E-state index in [2.05, 4.69) is 6.92 Å². The maximum absolute atomic E-state index is 12.1. The van der Waals surface area contributed by atoms with Crippen LogP contribution in [-0.2, 0) is 0 Å². The van der Waals surface area contributed by atoms with Crippen LogP contribution in [0.25, 0.3) is 0 Å². The SMILES string of the molecule is CCCCCCCCCCC[C@H](N)C(F)(F)F. The molecule has 0 heterocycles. The third-order valence-corrected chi connectivity index (χ3v) is 3.04. The van der Waals surface area contributed by atoms with Crippen molar-refractivity contribution < 1.29 is 13.2 Å². The van der Waals surface area contributed by atoms with Crippen LogP contribution in [0.1, 0.15) is 71.1 Å². The third kappa shape index (κ3) is 10.6. The first-order chi connectivity index (χ1) is 7.98. The van der Waals surface area contributed by atoms with Gasteiger partial charge in [0, 0.05) is 0 Å². The van der Waals surface area contributed by atoms with E-state index >= 15 is 0 Å². The van der Waals surface area contributed by atoms with Crippen LogP contribution >= 0.6 is 0 Å². The Balaban J connectivity index is 3.19.